The molecule has 0 saturated carbocycles. The molecule has 2 N–H and O–H groups in total. The molecule has 0 aliphatic heterocycles. The van der Waals surface area contributed by atoms with E-state index in [-0.39, 0.29) is 12.5 Å². The van der Waals surface area contributed by atoms with Crippen molar-refractivity contribution in [2.75, 3.05) is 59.5 Å². The Bertz CT molecular complexity index is 177. The molecule has 0 aromatic carbocycles. The summed E-state index contributed by atoms with van der Waals surface area (Å²) in [4.78, 5) is 0. The van der Waals surface area contributed by atoms with Crippen LogP contribution in [0.2, 0.25) is 0 Å². The zero-order valence-electron chi connectivity index (χ0n) is 12.0. The van der Waals surface area contributed by atoms with E-state index in [4.69, 9.17) is 24.1 Å². The van der Waals surface area contributed by atoms with Gasteiger partial charge in [-0.2, -0.15) is 0 Å². The molecule has 0 aliphatic rings. The summed E-state index contributed by atoms with van der Waals surface area (Å²) in [5.41, 5.74) is 0. The Morgan fingerprint density at radius 2 is 1.16 bits per heavy atom. The summed E-state index contributed by atoms with van der Waals surface area (Å²) in [6, 6.07) is 0. The van der Waals surface area contributed by atoms with Crippen LogP contribution >= 0.6 is 0 Å². The molecule has 6 heteroatoms. The Morgan fingerprint density at radius 1 is 0.737 bits per heavy atom. The largest absolute Gasteiger partial charge is 0.394 e. The number of hydrogen-bond donors (Lipinski definition) is 2. The van der Waals surface area contributed by atoms with Crippen LogP contribution in [0.5, 0.6) is 0 Å². The van der Waals surface area contributed by atoms with Gasteiger partial charge in [-0.25, -0.2) is 0 Å². The first kappa shape index (κ1) is 18.8. The molecule has 0 heterocycles. The van der Waals surface area contributed by atoms with Gasteiger partial charge in [-0.15, -0.1) is 0 Å². The van der Waals surface area contributed by atoms with E-state index in [0.29, 0.717) is 52.9 Å². The van der Waals surface area contributed by atoms with Gasteiger partial charge in [0.25, 0.3) is 0 Å². The molecule has 6 nitrogen and oxygen atoms in total. The summed E-state index contributed by atoms with van der Waals surface area (Å²) in [5.74, 6) is 0.211. The van der Waals surface area contributed by atoms with Crippen LogP contribution in [0.4, 0.5) is 0 Å². The first-order valence-electron chi connectivity index (χ1n) is 6.78. The first-order chi connectivity index (χ1) is 9.18. The van der Waals surface area contributed by atoms with Crippen molar-refractivity contribution in [2.45, 2.75) is 20.0 Å². The molecule has 0 aliphatic carbocycles. The van der Waals surface area contributed by atoms with Crippen LogP contribution in [0.1, 0.15) is 13.8 Å². The van der Waals surface area contributed by atoms with Crippen molar-refractivity contribution in [1.29, 1.82) is 0 Å². The molecule has 0 aromatic heterocycles. The quantitative estimate of drug-likeness (QED) is 0.438. The van der Waals surface area contributed by atoms with Crippen LogP contribution in [0, 0.1) is 5.92 Å². The molecule has 116 valence electrons. The maximum atomic E-state index is 9.47. The van der Waals surface area contributed by atoms with E-state index in [1.807, 2.05) is 13.8 Å². The van der Waals surface area contributed by atoms with E-state index in [1.54, 1.807) is 0 Å². The molecule has 0 bridgehead atoms. The van der Waals surface area contributed by atoms with Crippen LogP contribution in [0.15, 0.2) is 0 Å². The van der Waals surface area contributed by atoms with Crippen LogP contribution in [0.25, 0.3) is 0 Å². The van der Waals surface area contributed by atoms with Crippen molar-refractivity contribution < 1.29 is 29.2 Å². The van der Waals surface area contributed by atoms with Gasteiger partial charge < -0.3 is 29.2 Å². The Hall–Kier alpha value is -0.240. The fourth-order valence-electron chi connectivity index (χ4n) is 1.12. The van der Waals surface area contributed by atoms with E-state index in [1.165, 1.54) is 0 Å². The highest BCUT2D eigenvalue weighted by Crippen LogP contribution is 2.00. The molecule has 0 aromatic rings. The molecular formula is C13H28O6. The van der Waals surface area contributed by atoms with Crippen molar-refractivity contribution >= 4 is 0 Å². The van der Waals surface area contributed by atoms with Gasteiger partial charge in [-0.1, -0.05) is 13.8 Å². The normalized spacial score (nSPS) is 13.1. The van der Waals surface area contributed by atoms with Crippen molar-refractivity contribution in [3.05, 3.63) is 0 Å². The second-order valence-electron chi connectivity index (χ2n) is 4.45. The van der Waals surface area contributed by atoms with E-state index in [0.717, 1.165) is 0 Å². The Kier molecular flexibility index (Phi) is 14.0. The van der Waals surface area contributed by atoms with Gasteiger partial charge in [-0.05, 0) is 5.92 Å². The molecule has 0 fully saturated rings. The third kappa shape index (κ3) is 14.0. The summed E-state index contributed by atoms with van der Waals surface area (Å²) >= 11 is 0. The summed E-state index contributed by atoms with van der Waals surface area (Å²) < 4.78 is 20.8. The van der Waals surface area contributed by atoms with Gasteiger partial charge >= 0.3 is 0 Å². The predicted molar refractivity (Wildman–Crippen MR) is 71.2 cm³/mol. The van der Waals surface area contributed by atoms with E-state index >= 15 is 0 Å². The maximum Gasteiger partial charge on any atom is 0.0796 e. The highest BCUT2D eigenvalue weighted by atomic mass is 16.6. The van der Waals surface area contributed by atoms with Crippen LogP contribution in [-0.4, -0.2) is 75.8 Å². The lowest BCUT2D eigenvalue weighted by Gasteiger charge is -2.14. The summed E-state index contributed by atoms with van der Waals surface area (Å²) in [7, 11) is 0. The molecule has 0 spiro atoms. The van der Waals surface area contributed by atoms with Crippen LogP contribution in [-0.2, 0) is 18.9 Å². The van der Waals surface area contributed by atoms with Gasteiger partial charge in [0.1, 0.15) is 0 Å². The zero-order chi connectivity index (χ0) is 14.3. The lowest BCUT2D eigenvalue weighted by Crippen LogP contribution is -2.22. The maximum absolute atomic E-state index is 9.47. The number of ether oxygens (including phenoxy) is 4. The SMILES string of the molecule is CC(C)C(O)COCCOCCOCCOCCO. The highest BCUT2D eigenvalue weighted by molar-refractivity contribution is 4.57. The molecule has 0 saturated heterocycles. The molecule has 0 rings (SSSR count). The van der Waals surface area contributed by atoms with E-state index < -0.39 is 6.10 Å². The van der Waals surface area contributed by atoms with E-state index in [2.05, 4.69) is 0 Å². The standard InChI is InChI=1S/C13H28O6/c1-12(2)13(15)11-19-10-9-18-8-7-17-6-5-16-4-3-14/h12-15H,3-11H2,1-2H3. The second-order valence-corrected chi connectivity index (χ2v) is 4.45. The third-order valence-corrected chi connectivity index (χ3v) is 2.41. The van der Waals surface area contributed by atoms with Crippen molar-refractivity contribution in [2.24, 2.45) is 5.92 Å². The number of hydrogen-bond acceptors (Lipinski definition) is 6. The fourth-order valence-corrected chi connectivity index (χ4v) is 1.12. The summed E-state index contributed by atoms with van der Waals surface area (Å²) in [6.45, 7) is 7.61. The first-order valence-corrected chi connectivity index (χ1v) is 6.78. The molecule has 0 amide bonds. The smallest absolute Gasteiger partial charge is 0.0796 e. The Morgan fingerprint density at radius 3 is 1.58 bits per heavy atom. The number of rotatable bonds is 14. The van der Waals surface area contributed by atoms with Crippen molar-refractivity contribution in [1.82, 2.24) is 0 Å². The van der Waals surface area contributed by atoms with Gasteiger partial charge in [0.15, 0.2) is 0 Å². The topological polar surface area (TPSA) is 77.4 Å². The molecule has 1 unspecified atom stereocenters. The lowest BCUT2D eigenvalue weighted by atomic mass is 10.1. The lowest BCUT2D eigenvalue weighted by molar-refractivity contribution is -0.0258. The Balaban J connectivity index is 3.03. The zero-order valence-corrected chi connectivity index (χ0v) is 12.0. The minimum absolute atomic E-state index is 0.0363. The predicted octanol–water partition coefficient (Wildman–Crippen LogP) is 0.0620. The number of aliphatic hydroxyl groups is 2. The van der Waals surface area contributed by atoms with Crippen molar-refractivity contribution in [3.8, 4) is 0 Å². The average Bonchev–Trinajstić information content (AvgIpc) is 2.39. The van der Waals surface area contributed by atoms with Gasteiger partial charge in [-0.3, -0.25) is 0 Å². The monoisotopic (exact) mass is 280 g/mol. The molecule has 0 radical (unpaired) electrons. The second kappa shape index (κ2) is 14.2. The molecule has 19 heavy (non-hydrogen) atoms. The number of aliphatic hydroxyl groups excluding tert-OH is 2. The van der Waals surface area contributed by atoms with Crippen LogP contribution < -0.4 is 0 Å². The summed E-state index contributed by atoms with van der Waals surface area (Å²) in [5, 5.41) is 17.9. The fraction of sp³-hybridized carbons (Fsp3) is 1.00. The van der Waals surface area contributed by atoms with E-state index in [9.17, 15) is 5.11 Å². The molecular weight excluding hydrogens is 252 g/mol. The van der Waals surface area contributed by atoms with Crippen molar-refractivity contribution in [3.63, 3.8) is 0 Å². The highest BCUT2D eigenvalue weighted by Gasteiger charge is 2.08. The minimum Gasteiger partial charge on any atom is -0.394 e. The minimum atomic E-state index is -0.415. The van der Waals surface area contributed by atoms with Gasteiger partial charge in [0.05, 0.1) is 65.6 Å². The third-order valence-electron chi connectivity index (χ3n) is 2.41. The summed E-state index contributed by atoms with van der Waals surface area (Å²) in [6.07, 6.45) is -0.415. The van der Waals surface area contributed by atoms with Gasteiger partial charge in [0.2, 0.25) is 0 Å². The average molecular weight is 280 g/mol. The van der Waals surface area contributed by atoms with Crippen LogP contribution in [0.3, 0.4) is 0 Å². The molecule has 1 atom stereocenters. The Labute approximate surface area is 115 Å². The van der Waals surface area contributed by atoms with Gasteiger partial charge in [0, 0.05) is 0 Å².